The third-order valence-corrected chi connectivity index (χ3v) is 4.18. The molecule has 0 radical (unpaired) electrons. The lowest BCUT2D eigenvalue weighted by Crippen LogP contribution is -2.02. The van der Waals surface area contributed by atoms with Crippen LogP contribution in [0.5, 0.6) is 0 Å². The molecule has 7 heteroatoms. The first kappa shape index (κ1) is 13.1. The van der Waals surface area contributed by atoms with E-state index in [0.717, 1.165) is 11.3 Å². The number of nitrogens with zero attached hydrogens (tertiary/aromatic N) is 2. The van der Waals surface area contributed by atoms with Gasteiger partial charge in [0.15, 0.2) is 0 Å². The Balaban J connectivity index is 2.03. The number of aryl methyl sites for hydroxylation is 1. The maximum atomic E-state index is 11.0. The highest BCUT2D eigenvalue weighted by molar-refractivity contribution is 7.99. The summed E-state index contributed by atoms with van der Waals surface area (Å²) in [5.41, 5.74) is 0. The summed E-state index contributed by atoms with van der Waals surface area (Å²) in [6.07, 6.45) is 0.989. The molecule has 0 aliphatic heterocycles. The van der Waals surface area contributed by atoms with Crippen LogP contribution in [-0.4, -0.2) is 29.0 Å². The van der Waals surface area contributed by atoms with Gasteiger partial charge >= 0.3 is 5.97 Å². The lowest BCUT2D eigenvalue weighted by Gasteiger charge is -1.94. The highest BCUT2D eigenvalue weighted by Gasteiger charge is 2.12. The number of thiophene rings is 1. The quantitative estimate of drug-likeness (QED) is 0.621. The number of hydrogen-bond donors (Lipinski definition) is 0. The zero-order valence-electron chi connectivity index (χ0n) is 10.0. The number of methoxy groups -OCH3 is 1. The molecular weight excluding hydrogens is 272 g/mol. The fourth-order valence-electron chi connectivity index (χ4n) is 1.23. The van der Waals surface area contributed by atoms with E-state index in [-0.39, 0.29) is 11.7 Å². The van der Waals surface area contributed by atoms with Gasteiger partial charge in [-0.15, -0.1) is 21.5 Å². The van der Waals surface area contributed by atoms with E-state index < -0.39 is 0 Å². The summed E-state index contributed by atoms with van der Waals surface area (Å²) in [5.74, 6) is 0.346. The van der Waals surface area contributed by atoms with Crippen molar-refractivity contribution in [1.29, 1.82) is 0 Å². The van der Waals surface area contributed by atoms with Gasteiger partial charge < -0.3 is 9.15 Å². The van der Waals surface area contributed by atoms with Gasteiger partial charge in [-0.25, -0.2) is 0 Å². The fraction of sp³-hybridized carbons (Fsp3) is 0.364. The molecule has 2 rings (SSSR count). The molecule has 18 heavy (non-hydrogen) atoms. The molecule has 0 saturated heterocycles. The SMILES string of the molecule is CCc1ccc(-c2nnc(SCC(=O)OC)o2)s1. The zero-order valence-corrected chi connectivity index (χ0v) is 11.6. The molecule has 0 aliphatic rings. The largest absolute Gasteiger partial charge is 0.468 e. The number of hydrogen-bond acceptors (Lipinski definition) is 7. The Kier molecular flexibility index (Phi) is 4.38. The highest BCUT2D eigenvalue weighted by atomic mass is 32.2. The summed E-state index contributed by atoms with van der Waals surface area (Å²) < 4.78 is 10.00. The summed E-state index contributed by atoms with van der Waals surface area (Å²) in [4.78, 5) is 13.2. The normalized spacial score (nSPS) is 10.6. The van der Waals surface area contributed by atoms with Crippen LogP contribution in [0.3, 0.4) is 0 Å². The van der Waals surface area contributed by atoms with Crippen molar-refractivity contribution in [2.45, 2.75) is 18.6 Å². The van der Waals surface area contributed by atoms with Crippen LogP contribution >= 0.6 is 23.1 Å². The molecule has 0 atom stereocenters. The first-order valence-corrected chi connectivity index (χ1v) is 7.15. The third kappa shape index (κ3) is 3.11. The van der Waals surface area contributed by atoms with Gasteiger partial charge in [-0.2, -0.15) is 0 Å². The molecule has 0 aliphatic carbocycles. The van der Waals surface area contributed by atoms with E-state index in [2.05, 4.69) is 21.9 Å². The van der Waals surface area contributed by atoms with Gasteiger partial charge in [0.1, 0.15) is 5.75 Å². The van der Waals surface area contributed by atoms with E-state index in [1.54, 1.807) is 11.3 Å². The molecule has 2 heterocycles. The molecule has 0 spiro atoms. The number of thioether (sulfide) groups is 1. The lowest BCUT2D eigenvalue weighted by atomic mass is 10.4. The molecule has 0 unspecified atom stereocenters. The van der Waals surface area contributed by atoms with E-state index in [1.807, 2.05) is 12.1 Å². The average Bonchev–Trinajstić information content (AvgIpc) is 3.03. The monoisotopic (exact) mass is 284 g/mol. The Hall–Kier alpha value is -1.34. The second-order valence-electron chi connectivity index (χ2n) is 3.36. The molecule has 0 aromatic carbocycles. The average molecular weight is 284 g/mol. The summed E-state index contributed by atoms with van der Waals surface area (Å²) >= 11 is 2.80. The number of esters is 1. The van der Waals surface area contributed by atoms with Gasteiger partial charge in [0.05, 0.1) is 12.0 Å². The molecule has 2 aromatic rings. The van der Waals surface area contributed by atoms with Crippen LogP contribution in [0.4, 0.5) is 0 Å². The first-order valence-electron chi connectivity index (χ1n) is 5.35. The van der Waals surface area contributed by atoms with E-state index >= 15 is 0 Å². The second-order valence-corrected chi connectivity index (χ2v) is 5.45. The van der Waals surface area contributed by atoms with Gasteiger partial charge in [-0.05, 0) is 18.6 Å². The van der Waals surface area contributed by atoms with Crippen molar-refractivity contribution in [3.8, 4) is 10.8 Å². The zero-order chi connectivity index (χ0) is 13.0. The van der Waals surface area contributed by atoms with Crippen LogP contribution in [0, 0.1) is 0 Å². The molecule has 0 amide bonds. The maximum Gasteiger partial charge on any atom is 0.316 e. The number of rotatable bonds is 5. The van der Waals surface area contributed by atoms with Gasteiger partial charge in [-0.3, -0.25) is 4.79 Å². The molecular formula is C11H12N2O3S2. The molecule has 2 aromatic heterocycles. The van der Waals surface area contributed by atoms with Gasteiger partial charge in [0, 0.05) is 4.88 Å². The summed E-state index contributed by atoms with van der Waals surface area (Å²) in [7, 11) is 1.35. The van der Waals surface area contributed by atoms with Crippen LogP contribution in [0.15, 0.2) is 21.8 Å². The van der Waals surface area contributed by atoms with E-state index in [0.29, 0.717) is 11.1 Å². The smallest absolute Gasteiger partial charge is 0.316 e. The van der Waals surface area contributed by atoms with Crippen LogP contribution in [0.25, 0.3) is 10.8 Å². The van der Waals surface area contributed by atoms with Gasteiger partial charge in [0.25, 0.3) is 11.1 Å². The number of carbonyl (C=O) groups is 1. The van der Waals surface area contributed by atoms with Gasteiger partial charge in [0.2, 0.25) is 0 Å². The van der Waals surface area contributed by atoms with Crippen LogP contribution in [0.1, 0.15) is 11.8 Å². The number of carbonyl (C=O) groups excluding carboxylic acids is 1. The number of aromatic nitrogens is 2. The van der Waals surface area contributed by atoms with Crippen molar-refractivity contribution in [2.75, 3.05) is 12.9 Å². The minimum Gasteiger partial charge on any atom is -0.468 e. The molecule has 0 fully saturated rings. The summed E-state index contributed by atoms with van der Waals surface area (Å²) in [6.45, 7) is 2.10. The molecule has 0 bridgehead atoms. The molecule has 5 nitrogen and oxygen atoms in total. The van der Waals surface area contributed by atoms with Crippen LogP contribution < -0.4 is 0 Å². The van der Waals surface area contributed by atoms with E-state index in [9.17, 15) is 4.79 Å². The Labute approximate surface area is 113 Å². The Morgan fingerprint density at radius 1 is 1.50 bits per heavy atom. The first-order chi connectivity index (χ1) is 8.72. The van der Waals surface area contributed by atoms with Crippen molar-refractivity contribution in [1.82, 2.24) is 10.2 Å². The van der Waals surface area contributed by atoms with E-state index in [4.69, 9.17) is 4.42 Å². The van der Waals surface area contributed by atoms with Crippen molar-refractivity contribution < 1.29 is 13.9 Å². The minimum atomic E-state index is -0.316. The topological polar surface area (TPSA) is 65.2 Å². The van der Waals surface area contributed by atoms with Crippen LogP contribution in [0.2, 0.25) is 0 Å². The minimum absolute atomic E-state index is 0.169. The Morgan fingerprint density at radius 3 is 3.00 bits per heavy atom. The molecule has 0 N–H and O–H groups in total. The lowest BCUT2D eigenvalue weighted by molar-refractivity contribution is -0.137. The van der Waals surface area contributed by atoms with Crippen molar-refractivity contribution >= 4 is 29.1 Å². The molecule has 0 saturated carbocycles. The van der Waals surface area contributed by atoms with Crippen molar-refractivity contribution in [3.63, 3.8) is 0 Å². The standard InChI is InChI=1S/C11H12N2O3S2/c1-3-7-4-5-8(18-7)10-12-13-11(16-10)17-6-9(14)15-2/h4-5H,3,6H2,1-2H3. The third-order valence-electron chi connectivity index (χ3n) is 2.17. The summed E-state index contributed by atoms with van der Waals surface area (Å²) in [6, 6.07) is 4.01. The van der Waals surface area contributed by atoms with Crippen molar-refractivity contribution in [3.05, 3.63) is 17.0 Å². The fourth-order valence-corrected chi connectivity index (χ4v) is 2.69. The molecule has 96 valence electrons. The Morgan fingerprint density at radius 2 is 2.33 bits per heavy atom. The number of ether oxygens (including phenoxy) is 1. The predicted molar refractivity (Wildman–Crippen MR) is 69.7 cm³/mol. The maximum absolute atomic E-state index is 11.0. The summed E-state index contributed by atoms with van der Waals surface area (Å²) in [5, 5.41) is 8.21. The van der Waals surface area contributed by atoms with Crippen LogP contribution in [-0.2, 0) is 16.0 Å². The second kappa shape index (κ2) is 6.01. The predicted octanol–water partition coefficient (Wildman–Crippen LogP) is 2.63. The Bertz CT molecular complexity index is 536. The van der Waals surface area contributed by atoms with E-state index in [1.165, 1.54) is 23.7 Å². The van der Waals surface area contributed by atoms with Crippen molar-refractivity contribution in [2.24, 2.45) is 0 Å². The van der Waals surface area contributed by atoms with Gasteiger partial charge in [-0.1, -0.05) is 18.7 Å². The highest BCUT2D eigenvalue weighted by Crippen LogP contribution is 2.29.